The Kier molecular flexibility index (Phi) is 5.56. The minimum absolute atomic E-state index is 0.171. The van der Waals surface area contributed by atoms with Crippen LogP contribution in [0.15, 0.2) is 65.7 Å². The number of rotatable bonds is 7. The van der Waals surface area contributed by atoms with Crippen molar-refractivity contribution in [1.29, 1.82) is 0 Å². The molecule has 0 aliphatic rings. The normalized spacial score (nSPS) is 10.8. The first-order chi connectivity index (χ1) is 14.6. The second-order valence-electron chi connectivity index (χ2n) is 6.85. The number of hydrogen-bond acceptors (Lipinski definition) is 5. The zero-order valence-electron chi connectivity index (χ0n) is 16.5. The highest BCUT2D eigenvalue weighted by molar-refractivity contribution is 5.90. The minimum Gasteiger partial charge on any atom is -0.489 e. The predicted octanol–water partition coefficient (Wildman–Crippen LogP) is 2.88. The van der Waals surface area contributed by atoms with Crippen LogP contribution in [0.3, 0.4) is 0 Å². The van der Waals surface area contributed by atoms with Gasteiger partial charge in [-0.15, -0.1) is 0 Å². The molecule has 2 heterocycles. The van der Waals surface area contributed by atoms with Crippen molar-refractivity contribution >= 4 is 17.4 Å². The van der Waals surface area contributed by atoms with E-state index in [9.17, 15) is 9.59 Å². The Morgan fingerprint density at radius 2 is 1.90 bits per heavy atom. The van der Waals surface area contributed by atoms with E-state index in [1.165, 1.54) is 10.8 Å². The van der Waals surface area contributed by atoms with Gasteiger partial charge in [-0.1, -0.05) is 30.3 Å². The van der Waals surface area contributed by atoms with Gasteiger partial charge >= 0.3 is 0 Å². The molecular weight excluding hydrogens is 382 g/mol. The Hall–Kier alpha value is -3.94. The zero-order valence-corrected chi connectivity index (χ0v) is 16.5. The van der Waals surface area contributed by atoms with E-state index in [0.29, 0.717) is 35.8 Å². The second-order valence-corrected chi connectivity index (χ2v) is 6.85. The van der Waals surface area contributed by atoms with Crippen molar-refractivity contribution in [3.8, 4) is 5.75 Å². The average molecular weight is 403 g/mol. The number of aromatic nitrogens is 4. The minimum atomic E-state index is -0.234. The van der Waals surface area contributed by atoms with Crippen molar-refractivity contribution < 1.29 is 9.53 Å². The van der Waals surface area contributed by atoms with Crippen molar-refractivity contribution in [2.24, 2.45) is 0 Å². The van der Waals surface area contributed by atoms with Crippen molar-refractivity contribution in [3.63, 3.8) is 0 Å². The van der Waals surface area contributed by atoms with E-state index in [2.05, 4.69) is 20.4 Å². The number of aromatic amines is 1. The fourth-order valence-electron chi connectivity index (χ4n) is 3.12. The van der Waals surface area contributed by atoms with Crippen LogP contribution in [0.1, 0.15) is 23.2 Å². The van der Waals surface area contributed by atoms with Crippen LogP contribution < -0.4 is 15.6 Å². The molecule has 0 aliphatic carbocycles. The van der Waals surface area contributed by atoms with E-state index in [0.717, 1.165) is 11.3 Å². The van der Waals surface area contributed by atoms with E-state index < -0.39 is 0 Å². The average Bonchev–Trinajstić information content (AvgIpc) is 3.22. The molecule has 152 valence electrons. The number of carbonyl (C=O) groups excluding carboxylic acids is 1. The Balaban J connectivity index is 1.32. The third kappa shape index (κ3) is 4.38. The number of ether oxygens (including phenoxy) is 1. The molecule has 4 aromatic rings. The van der Waals surface area contributed by atoms with Crippen LogP contribution in [0.4, 0.5) is 5.69 Å². The van der Waals surface area contributed by atoms with Crippen molar-refractivity contribution in [3.05, 3.63) is 88.1 Å². The fourth-order valence-corrected chi connectivity index (χ4v) is 3.12. The molecular formula is C22H21N5O3. The van der Waals surface area contributed by atoms with Crippen LogP contribution >= 0.6 is 0 Å². The van der Waals surface area contributed by atoms with Gasteiger partial charge in [-0.2, -0.15) is 4.52 Å². The first kappa shape index (κ1) is 19.4. The van der Waals surface area contributed by atoms with Crippen LogP contribution in [0.5, 0.6) is 5.75 Å². The van der Waals surface area contributed by atoms with Crippen LogP contribution in [0, 0.1) is 6.92 Å². The van der Waals surface area contributed by atoms with Crippen molar-refractivity contribution in [2.45, 2.75) is 26.4 Å². The summed E-state index contributed by atoms with van der Waals surface area (Å²) in [4.78, 5) is 33.1. The van der Waals surface area contributed by atoms with Crippen LogP contribution in [0.2, 0.25) is 0 Å². The van der Waals surface area contributed by atoms with Crippen molar-refractivity contribution in [2.75, 3.05) is 5.32 Å². The molecule has 1 amide bonds. The largest absolute Gasteiger partial charge is 0.489 e. The highest BCUT2D eigenvalue weighted by atomic mass is 16.5. The summed E-state index contributed by atoms with van der Waals surface area (Å²) in [7, 11) is 0. The van der Waals surface area contributed by atoms with Gasteiger partial charge in [0.05, 0.1) is 5.69 Å². The molecule has 8 heteroatoms. The number of amides is 1. The standard InChI is InChI=1S/C22H21N5O3/c1-15-19(21(29)27-22(25-15)23-14-24-27)11-12-20(28)26-17-7-9-18(10-8-17)30-13-16-5-3-2-4-6-16/h2-10,14H,11-13H2,1H3,(H,26,28)(H,23,24,25). The molecule has 4 rings (SSSR count). The Morgan fingerprint density at radius 1 is 1.13 bits per heavy atom. The maximum absolute atomic E-state index is 12.5. The topological polar surface area (TPSA) is 101 Å². The first-order valence-corrected chi connectivity index (χ1v) is 9.58. The molecule has 0 radical (unpaired) electrons. The smallest absolute Gasteiger partial charge is 0.277 e. The summed E-state index contributed by atoms with van der Waals surface area (Å²) in [6, 6.07) is 17.1. The summed E-state index contributed by atoms with van der Waals surface area (Å²) in [5.41, 5.74) is 2.60. The van der Waals surface area contributed by atoms with Gasteiger partial charge in [0.2, 0.25) is 5.91 Å². The molecule has 0 aliphatic heterocycles. The highest BCUT2D eigenvalue weighted by Gasteiger charge is 2.13. The van der Waals surface area contributed by atoms with E-state index >= 15 is 0 Å². The number of hydrogen-bond donors (Lipinski definition) is 2. The molecule has 0 fully saturated rings. The van der Waals surface area contributed by atoms with Gasteiger partial charge in [0.1, 0.15) is 18.7 Å². The van der Waals surface area contributed by atoms with Gasteiger partial charge in [-0.05, 0) is 43.2 Å². The highest BCUT2D eigenvalue weighted by Crippen LogP contribution is 2.17. The maximum Gasteiger partial charge on any atom is 0.277 e. The van der Waals surface area contributed by atoms with E-state index in [-0.39, 0.29) is 17.9 Å². The van der Waals surface area contributed by atoms with E-state index in [4.69, 9.17) is 4.74 Å². The maximum atomic E-state index is 12.5. The molecule has 0 bridgehead atoms. The van der Waals surface area contributed by atoms with Gasteiger partial charge in [-0.25, -0.2) is 9.97 Å². The predicted molar refractivity (Wildman–Crippen MR) is 113 cm³/mol. The lowest BCUT2D eigenvalue weighted by molar-refractivity contribution is -0.116. The SMILES string of the molecule is Cc1nc2nc[nH]n2c(=O)c1CCC(=O)Nc1ccc(OCc2ccccc2)cc1. The third-order valence-electron chi connectivity index (χ3n) is 4.72. The number of carbonyl (C=O) groups is 1. The Labute approximate surface area is 172 Å². The monoisotopic (exact) mass is 403 g/mol. The van der Waals surface area contributed by atoms with E-state index in [1.54, 1.807) is 19.1 Å². The summed E-state index contributed by atoms with van der Waals surface area (Å²) in [5, 5.41) is 5.57. The van der Waals surface area contributed by atoms with E-state index in [1.807, 2.05) is 42.5 Å². The van der Waals surface area contributed by atoms with Crippen LogP contribution in [0.25, 0.3) is 5.78 Å². The lowest BCUT2D eigenvalue weighted by Crippen LogP contribution is -2.23. The van der Waals surface area contributed by atoms with Gasteiger partial charge in [0.15, 0.2) is 0 Å². The summed E-state index contributed by atoms with van der Waals surface area (Å²) >= 11 is 0. The second kappa shape index (κ2) is 8.60. The zero-order chi connectivity index (χ0) is 20.9. The lowest BCUT2D eigenvalue weighted by atomic mass is 10.1. The third-order valence-corrected chi connectivity index (χ3v) is 4.72. The van der Waals surface area contributed by atoms with Gasteiger partial charge in [0.25, 0.3) is 11.3 Å². The van der Waals surface area contributed by atoms with Crippen molar-refractivity contribution in [1.82, 2.24) is 19.6 Å². The molecule has 0 saturated carbocycles. The Bertz CT molecular complexity index is 1210. The molecule has 2 N–H and O–H groups in total. The number of fused-ring (bicyclic) bond motifs is 1. The summed E-state index contributed by atoms with van der Waals surface area (Å²) in [6.07, 6.45) is 1.88. The fraction of sp³-hybridized carbons (Fsp3) is 0.182. The van der Waals surface area contributed by atoms with Gasteiger partial charge in [0, 0.05) is 17.7 Å². The quantitative estimate of drug-likeness (QED) is 0.494. The number of nitrogens with one attached hydrogen (secondary N) is 2. The van der Waals surface area contributed by atoms with Gasteiger partial charge in [-0.3, -0.25) is 14.7 Å². The van der Waals surface area contributed by atoms with Crippen LogP contribution in [-0.4, -0.2) is 25.5 Å². The molecule has 0 saturated heterocycles. The number of anilines is 1. The Morgan fingerprint density at radius 3 is 2.67 bits per heavy atom. The molecule has 8 nitrogen and oxygen atoms in total. The molecule has 0 unspecified atom stereocenters. The molecule has 2 aromatic heterocycles. The number of nitrogens with zero attached hydrogens (tertiary/aromatic N) is 3. The molecule has 2 aromatic carbocycles. The first-order valence-electron chi connectivity index (χ1n) is 9.58. The number of H-pyrrole nitrogens is 1. The van der Waals surface area contributed by atoms with Crippen LogP contribution in [-0.2, 0) is 17.8 Å². The molecule has 0 atom stereocenters. The summed E-state index contributed by atoms with van der Waals surface area (Å²) < 4.78 is 7.02. The molecule has 30 heavy (non-hydrogen) atoms. The number of aryl methyl sites for hydroxylation is 1. The summed E-state index contributed by atoms with van der Waals surface area (Å²) in [6.45, 7) is 2.23. The lowest BCUT2D eigenvalue weighted by Gasteiger charge is -2.09. The van der Waals surface area contributed by atoms with Gasteiger partial charge < -0.3 is 10.1 Å². The molecule has 0 spiro atoms. The summed E-state index contributed by atoms with van der Waals surface area (Å²) in [5.74, 6) is 0.862. The number of benzene rings is 2.